The average Bonchev–Trinajstić information content (AvgIpc) is 2.53. The Hall–Kier alpha value is -1.76. The largest absolute Gasteiger partial charge is 0.383 e. The molecular formula is C15H18N2O3S. The highest BCUT2D eigenvalue weighted by Gasteiger charge is 2.24. The number of rotatable bonds is 7. The molecule has 0 aliphatic heterocycles. The minimum atomic E-state index is -3.56. The second-order valence-corrected chi connectivity index (χ2v) is 6.40. The Morgan fingerprint density at radius 3 is 2.43 bits per heavy atom. The summed E-state index contributed by atoms with van der Waals surface area (Å²) in [5.41, 5.74) is 0.702. The third-order valence-corrected chi connectivity index (χ3v) is 4.85. The fraction of sp³-hybridized carbons (Fsp3) is 0.267. The van der Waals surface area contributed by atoms with E-state index in [0.717, 1.165) is 0 Å². The Kier molecular flexibility index (Phi) is 5.44. The molecule has 0 aliphatic carbocycles. The van der Waals surface area contributed by atoms with Crippen LogP contribution in [0, 0.1) is 0 Å². The van der Waals surface area contributed by atoms with Crippen LogP contribution in [0.2, 0.25) is 0 Å². The minimum absolute atomic E-state index is 0.224. The Balaban J connectivity index is 2.27. The molecular weight excluding hydrogens is 288 g/mol. The second kappa shape index (κ2) is 7.31. The van der Waals surface area contributed by atoms with E-state index in [1.165, 1.54) is 4.31 Å². The molecule has 1 aromatic heterocycles. The Bertz CT molecular complexity index is 645. The van der Waals surface area contributed by atoms with Crippen molar-refractivity contribution in [2.24, 2.45) is 0 Å². The lowest BCUT2D eigenvalue weighted by molar-refractivity contribution is 0.177. The highest BCUT2D eigenvalue weighted by atomic mass is 32.2. The zero-order valence-corrected chi connectivity index (χ0v) is 12.7. The van der Waals surface area contributed by atoms with Crippen molar-refractivity contribution < 1.29 is 13.2 Å². The van der Waals surface area contributed by atoms with E-state index in [1.54, 1.807) is 55.8 Å². The lowest BCUT2D eigenvalue weighted by atomic mass is 10.3. The van der Waals surface area contributed by atoms with Gasteiger partial charge in [-0.2, -0.15) is 4.31 Å². The third-order valence-electron chi connectivity index (χ3n) is 2.99. The second-order valence-electron chi connectivity index (χ2n) is 4.47. The van der Waals surface area contributed by atoms with E-state index in [9.17, 15) is 8.42 Å². The molecule has 1 aromatic carbocycles. The predicted octanol–water partition coefficient (Wildman–Crippen LogP) is 1.92. The third kappa shape index (κ3) is 4.10. The molecule has 0 saturated heterocycles. The van der Waals surface area contributed by atoms with Crippen LogP contribution in [0.15, 0.2) is 59.6 Å². The van der Waals surface area contributed by atoms with E-state index in [-0.39, 0.29) is 18.0 Å². The van der Waals surface area contributed by atoms with Gasteiger partial charge < -0.3 is 4.74 Å². The number of hydrogen-bond donors (Lipinski definition) is 0. The molecule has 112 valence electrons. The first-order chi connectivity index (χ1) is 10.1. The summed E-state index contributed by atoms with van der Waals surface area (Å²) in [7, 11) is -2.01. The number of methoxy groups -OCH3 is 1. The van der Waals surface area contributed by atoms with Crippen molar-refractivity contribution in [3.8, 4) is 0 Å². The predicted molar refractivity (Wildman–Crippen MR) is 80.2 cm³/mol. The summed E-state index contributed by atoms with van der Waals surface area (Å²) < 4.78 is 31.8. The van der Waals surface area contributed by atoms with E-state index in [2.05, 4.69) is 4.98 Å². The lowest BCUT2D eigenvalue weighted by Crippen LogP contribution is -2.33. The highest BCUT2D eigenvalue weighted by Crippen LogP contribution is 2.17. The molecule has 0 atom stereocenters. The van der Waals surface area contributed by atoms with Gasteiger partial charge in [0.15, 0.2) is 0 Å². The van der Waals surface area contributed by atoms with E-state index in [4.69, 9.17) is 4.74 Å². The summed E-state index contributed by atoms with van der Waals surface area (Å²) in [5, 5.41) is 0. The van der Waals surface area contributed by atoms with Gasteiger partial charge in [0.05, 0.1) is 23.7 Å². The number of ether oxygens (including phenoxy) is 1. The molecule has 0 saturated carbocycles. The first-order valence-electron chi connectivity index (χ1n) is 6.58. The molecule has 0 spiro atoms. The number of aromatic nitrogens is 1. The van der Waals surface area contributed by atoms with Crippen LogP contribution in [0.4, 0.5) is 0 Å². The first kappa shape index (κ1) is 15.6. The molecule has 0 unspecified atom stereocenters. The van der Waals surface area contributed by atoms with E-state index < -0.39 is 10.0 Å². The number of benzene rings is 1. The monoisotopic (exact) mass is 306 g/mol. The van der Waals surface area contributed by atoms with Crippen LogP contribution in [-0.4, -0.2) is 38.0 Å². The van der Waals surface area contributed by atoms with Gasteiger partial charge in [-0.3, -0.25) is 4.98 Å². The van der Waals surface area contributed by atoms with Gasteiger partial charge in [-0.25, -0.2) is 8.42 Å². The number of pyridine rings is 1. The van der Waals surface area contributed by atoms with Crippen molar-refractivity contribution in [3.05, 3.63) is 60.4 Å². The van der Waals surface area contributed by atoms with Crippen LogP contribution in [-0.2, 0) is 21.3 Å². The van der Waals surface area contributed by atoms with Gasteiger partial charge in [0, 0.05) is 19.9 Å². The normalized spacial score (nSPS) is 11.7. The van der Waals surface area contributed by atoms with Crippen LogP contribution in [0.5, 0.6) is 0 Å². The summed E-state index contributed by atoms with van der Waals surface area (Å²) >= 11 is 0. The van der Waals surface area contributed by atoms with E-state index in [1.807, 2.05) is 6.07 Å². The molecule has 0 radical (unpaired) electrons. The Morgan fingerprint density at radius 1 is 1.10 bits per heavy atom. The fourth-order valence-electron chi connectivity index (χ4n) is 1.89. The van der Waals surface area contributed by atoms with Crippen molar-refractivity contribution in [2.75, 3.05) is 20.3 Å². The summed E-state index contributed by atoms with van der Waals surface area (Å²) in [5.74, 6) is 0. The zero-order valence-electron chi connectivity index (χ0n) is 11.8. The van der Waals surface area contributed by atoms with Crippen LogP contribution >= 0.6 is 0 Å². The summed E-state index contributed by atoms with van der Waals surface area (Å²) in [6.07, 6.45) is 1.65. The van der Waals surface area contributed by atoms with Gasteiger partial charge in [0.2, 0.25) is 10.0 Å². The number of sulfonamides is 1. The molecule has 5 nitrogen and oxygen atoms in total. The maximum absolute atomic E-state index is 12.7. The lowest BCUT2D eigenvalue weighted by Gasteiger charge is -2.21. The van der Waals surface area contributed by atoms with Crippen molar-refractivity contribution in [1.82, 2.24) is 9.29 Å². The van der Waals surface area contributed by atoms with Crippen molar-refractivity contribution in [3.63, 3.8) is 0 Å². The first-order valence-corrected chi connectivity index (χ1v) is 8.02. The quantitative estimate of drug-likeness (QED) is 0.784. The minimum Gasteiger partial charge on any atom is -0.383 e. The molecule has 0 aliphatic rings. The fourth-order valence-corrected chi connectivity index (χ4v) is 3.31. The molecule has 21 heavy (non-hydrogen) atoms. The van der Waals surface area contributed by atoms with Crippen LogP contribution in [0.3, 0.4) is 0 Å². The molecule has 0 amide bonds. The van der Waals surface area contributed by atoms with Crippen molar-refractivity contribution in [1.29, 1.82) is 0 Å². The van der Waals surface area contributed by atoms with Gasteiger partial charge in [0.25, 0.3) is 0 Å². The average molecular weight is 306 g/mol. The maximum Gasteiger partial charge on any atom is 0.243 e. The Morgan fingerprint density at radius 2 is 1.81 bits per heavy atom. The number of hydrogen-bond acceptors (Lipinski definition) is 4. The van der Waals surface area contributed by atoms with Gasteiger partial charge >= 0.3 is 0 Å². The molecule has 1 heterocycles. The van der Waals surface area contributed by atoms with Crippen molar-refractivity contribution in [2.45, 2.75) is 11.4 Å². The van der Waals surface area contributed by atoms with Gasteiger partial charge in [-0.05, 0) is 24.3 Å². The van der Waals surface area contributed by atoms with Crippen LogP contribution < -0.4 is 0 Å². The summed E-state index contributed by atoms with van der Waals surface area (Å²) in [6.45, 7) is 0.838. The van der Waals surface area contributed by atoms with Crippen molar-refractivity contribution >= 4 is 10.0 Å². The molecule has 0 bridgehead atoms. The molecule has 2 rings (SSSR count). The van der Waals surface area contributed by atoms with Gasteiger partial charge in [0.1, 0.15) is 0 Å². The van der Waals surface area contributed by atoms with Gasteiger partial charge in [-0.15, -0.1) is 0 Å². The van der Waals surface area contributed by atoms with Crippen LogP contribution in [0.1, 0.15) is 5.69 Å². The van der Waals surface area contributed by atoms with Gasteiger partial charge in [-0.1, -0.05) is 24.3 Å². The van der Waals surface area contributed by atoms with E-state index in [0.29, 0.717) is 12.3 Å². The maximum atomic E-state index is 12.7. The number of nitrogens with zero attached hydrogens (tertiary/aromatic N) is 2. The Labute approximate surface area is 125 Å². The molecule has 2 aromatic rings. The smallest absolute Gasteiger partial charge is 0.243 e. The highest BCUT2D eigenvalue weighted by molar-refractivity contribution is 7.89. The molecule has 0 fully saturated rings. The van der Waals surface area contributed by atoms with E-state index >= 15 is 0 Å². The molecule has 0 N–H and O–H groups in total. The SMILES string of the molecule is COCCN(Cc1ccccn1)S(=O)(=O)c1ccccc1. The standard InChI is InChI=1S/C15H18N2O3S/c1-20-12-11-17(13-14-7-5-6-10-16-14)21(18,19)15-8-3-2-4-9-15/h2-10H,11-13H2,1H3. The topological polar surface area (TPSA) is 59.5 Å². The molecule has 6 heteroatoms. The van der Waals surface area contributed by atoms with Crippen LogP contribution in [0.25, 0.3) is 0 Å². The summed E-state index contributed by atoms with van der Waals surface area (Å²) in [6, 6.07) is 13.8. The zero-order chi connectivity index (χ0) is 15.1. The summed E-state index contributed by atoms with van der Waals surface area (Å²) in [4.78, 5) is 4.46.